The molecule has 1 unspecified atom stereocenters. The molecule has 0 aliphatic heterocycles. The lowest BCUT2D eigenvalue weighted by atomic mass is 10.0. The van der Waals surface area contributed by atoms with Crippen LogP contribution in [0.5, 0.6) is 5.75 Å². The number of aromatic nitrogens is 3. The van der Waals surface area contributed by atoms with E-state index in [2.05, 4.69) is 28.4 Å². The Hall–Kier alpha value is -1.88. The molecule has 0 saturated carbocycles. The van der Waals surface area contributed by atoms with Crippen molar-refractivity contribution in [2.45, 2.75) is 33.2 Å². The van der Waals surface area contributed by atoms with Crippen molar-refractivity contribution >= 4 is 0 Å². The fraction of sp³-hybridized carbons (Fsp3) is 0.500. The van der Waals surface area contributed by atoms with Crippen molar-refractivity contribution in [2.24, 2.45) is 7.05 Å². The summed E-state index contributed by atoms with van der Waals surface area (Å²) < 4.78 is 7.49. The van der Waals surface area contributed by atoms with Crippen LogP contribution in [0.15, 0.2) is 24.5 Å². The van der Waals surface area contributed by atoms with E-state index in [1.807, 2.05) is 37.8 Å². The summed E-state index contributed by atoms with van der Waals surface area (Å²) in [7, 11) is 1.97. The Morgan fingerprint density at radius 3 is 2.71 bits per heavy atom. The van der Waals surface area contributed by atoms with Crippen LogP contribution >= 0.6 is 0 Å². The first kappa shape index (κ1) is 15.5. The van der Waals surface area contributed by atoms with Crippen LogP contribution in [0.1, 0.15) is 43.3 Å². The molecule has 114 valence electrons. The van der Waals surface area contributed by atoms with E-state index in [-0.39, 0.29) is 6.04 Å². The van der Waals surface area contributed by atoms with Crippen LogP contribution in [-0.4, -0.2) is 27.9 Å². The van der Waals surface area contributed by atoms with Gasteiger partial charge in [-0.25, -0.2) is 0 Å². The third-order valence-electron chi connectivity index (χ3n) is 3.31. The van der Waals surface area contributed by atoms with Crippen LogP contribution in [0, 0.1) is 6.92 Å². The van der Waals surface area contributed by atoms with Gasteiger partial charge in [0.15, 0.2) is 0 Å². The maximum atomic E-state index is 5.56. The number of hydrogen-bond acceptors (Lipinski definition) is 4. The highest BCUT2D eigenvalue weighted by Crippen LogP contribution is 2.24. The van der Waals surface area contributed by atoms with Crippen LogP contribution in [-0.2, 0) is 7.05 Å². The van der Waals surface area contributed by atoms with Crippen LogP contribution in [0.4, 0.5) is 0 Å². The molecule has 0 radical (unpaired) electrons. The molecule has 0 aromatic carbocycles. The zero-order valence-electron chi connectivity index (χ0n) is 13.3. The van der Waals surface area contributed by atoms with Gasteiger partial charge in [0.1, 0.15) is 5.75 Å². The molecule has 2 heterocycles. The molecule has 1 N–H and O–H groups in total. The van der Waals surface area contributed by atoms with E-state index >= 15 is 0 Å². The quantitative estimate of drug-likeness (QED) is 0.851. The van der Waals surface area contributed by atoms with E-state index in [1.54, 1.807) is 6.20 Å². The molecule has 2 aromatic rings. The van der Waals surface area contributed by atoms with Gasteiger partial charge >= 0.3 is 0 Å². The third kappa shape index (κ3) is 3.82. The minimum absolute atomic E-state index is 0.0732. The SMILES string of the molecule is CCCNC(c1cncc(OCC)c1)c1cc(C)nn1C. The van der Waals surface area contributed by atoms with Gasteiger partial charge in [-0.2, -0.15) is 5.10 Å². The van der Waals surface area contributed by atoms with E-state index in [4.69, 9.17) is 4.74 Å². The summed E-state index contributed by atoms with van der Waals surface area (Å²) >= 11 is 0. The zero-order chi connectivity index (χ0) is 15.2. The van der Waals surface area contributed by atoms with Crippen molar-refractivity contribution in [2.75, 3.05) is 13.2 Å². The average Bonchev–Trinajstić information content (AvgIpc) is 2.79. The average molecular weight is 288 g/mol. The van der Waals surface area contributed by atoms with Crippen molar-refractivity contribution in [3.05, 3.63) is 41.5 Å². The predicted molar refractivity (Wildman–Crippen MR) is 83.5 cm³/mol. The second-order valence-electron chi connectivity index (χ2n) is 5.11. The molecule has 0 fully saturated rings. The number of nitrogens with zero attached hydrogens (tertiary/aromatic N) is 3. The second kappa shape index (κ2) is 7.22. The Bertz CT molecular complexity index is 579. The summed E-state index contributed by atoms with van der Waals surface area (Å²) in [5.74, 6) is 0.803. The van der Waals surface area contributed by atoms with Gasteiger partial charge in [-0.1, -0.05) is 6.92 Å². The van der Waals surface area contributed by atoms with Crippen molar-refractivity contribution < 1.29 is 4.74 Å². The summed E-state index contributed by atoms with van der Waals surface area (Å²) in [6.45, 7) is 7.73. The first-order valence-corrected chi connectivity index (χ1v) is 7.47. The summed E-state index contributed by atoms with van der Waals surface area (Å²) in [6, 6.07) is 4.23. The standard InChI is InChI=1S/C16H24N4O/c1-5-7-18-16(15-8-12(3)19-20(15)4)13-9-14(21-6-2)11-17-10-13/h8-11,16,18H,5-7H2,1-4H3. The molecule has 1 atom stereocenters. The zero-order valence-corrected chi connectivity index (χ0v) is 13.3. The molecule has 0 amide bonds. The topological polar surface area (TPSA) is 52.0 Å². The van der Waals surface area contributed by atoms with Crippen LogP contribution in [0.2, 0.25) is 0 Å². The van der Waals surface area contributed by atoms with Crippen LogP contribution < -0.4 is 10.1 Å². The highest BCUT2D eigenvalue weighted by atomic mass is 16.5. The first-order chi connectivity index (χ1) is 10.2. The molecular formula is C16H24N4O. The molecule has 21 heavy (non-hydrogen) atoms. The fourth-order valence-corrected chi connectivity index (χ4v) is 2.42. The molecule has 0 aliphatic rings. The Kier molecular flexibility index (Phi) is 5.33. The van der Waals surface area contributed by atoms with Gasteiger partial charge in [-0.3, -0.25) is 9.67 Å². The fourth-order valence-electron chi connectivity index (χ4n) is 2.42. The lowest BCUT2D eigenvalue weighted by Crippen LogP contribution is -2.25. The number of nitrogens with one attached hydrogen (secondary N) is 1. The third-order valence-corrected chi connectivity index (χ3v) is 3.31. The summed E-state index contributed by atoms with van der Waals surface area (Å²) in [5.41, 5.74) is 3.25. The van der Waals surface area contributed by atoms with Crippen LogP contribution in [0.3, 0.4) is 0 Å². The van der Waals surface area contributed by atoms with Crippen molar-refractivity contribution in [3.8, 4) is 5.75 Å². The van der Waals surface area contributed by atoms with E-state index in [1.165, 1.54) is 0 Å². The molecule has 2 aromatic heterocycles. The van der Waals surface area contributed by atoms with Gasteiger partial charge in [-0.15, -0.1) is 0 Å². The number of pyridine rings is 1. The molecule has 0 bridgehead atoms. The van der Waals surface area contributed by atoms with Crippen molar-refractivity contribution in [1.29, 1.82) is 0 Å². The number of rotatable bonds is 7. The minimum Gasteiger partial charge on any atom is -0.492 e. The molecule has 0 aliphatic carbocycles. The van der Waals surface area contributed by atoms with Gasteiger partial charge in [0.05, 0.1) is 30.2 Å². The molecule has 5 nitrogen and oxygen atoms in total. The molecule has 0 spiro atoms. The first-order valence-electron chi connectivity index (χ1n) is 7.47. The van der Waals surface area contributed by atoms with Gasteiger partial charge < -0.3 is 10.1 Å². The van der Waals surface area contributed by atoms with E-state index in [0.29, 0.717) is 6.61 Å². The van der Waals surface area contributed by atoms with E-state index in [9.17, 15) is 0 Å². The van der Waals surface area contributed by atoms with Gasteiger partial charge in [0.2, 0.25) is 0 Å². The minimum atomic E-state index is 0.0732. The Morgan fingerprint density at radius 1 is 1.29 bits per heavy atom. The van der Waals surface area contributed by atoms with Gasteiger partial charge in [-0.05, 0) is 44.5 Å². The lowest BCUT2D eigenvalue weighted by molar-refractivity contribution is 0.338. The summed E-state index contributed by atoms with van der Waals surface area (Å²) in [4.78, 5) is 4.30. The Labute approximate surface area is 126 Å². The Balaban J connectivity index is 2.35. The van der Waals surface area contributed by atoms with Crippen molar-refractivity contribution in [3.63, 3.8) is 0 Å². The van der Waals surface area contributed by atoms with E-state index < -0.39 is 0 Å². The molecule has 0 saturated heterocycles. The second-order valence-corrected chi connectivity index (χ2v) is 5.11. The lowest BCUT2D eigenvalue weighted by Gasteiger charge is -2.19. The van der Waals surface area contributed by atoms with E-state index in [0.717, 1.165) is 35.7 Å². The largest absolute Gasteiger partial charge is 0.492 e. The normalized spacial score (nSPS) is 12.4. The highest BCUT2D eigenvalue weighted by Gasteiger charge is 2.18. The monoisotopic (exact) mass is 288 g/mol. The molecule has 2 rings (SSSR count). The van der Waals surface area contributed by atoms with Crippen LogP contribution in [0.25, 0.3) is 0 Å². The smallest absolute Gasteiger partial charge is 0.137 e. The van der Waals surface area contributed by atoms with Crippen molar-refractivity contribution in [1.82, 2.24) is 20.1 Å². The maximum absolute atomic E-state index is 5.56. The number of hydrogen-bond donors (Lipinski definition) is 1. The molecule has 5 heteroatoms. The predicted octanol–water partition coefficient (Wildman–Crippen LogP) is 2.61. The Morgan fingerprint density at radius 2 is 2.10 bits per heavy atom. The summed E-state index contributed by atoms with van der Waals surface area (Å²) in [5, 5.41) is 8.02. The summed E-state index contributed by atoms with van der Waals surface area (Å²) in [6.07, 6.45) is 4.71. The highest BCUT2D eigenvalue weighted by molar-refractivity contribution is 5.32. The van der Waals surface area contributed by atoms with Gasteiger partial charge in [0, 0.05) is 13.2 Å². The molecular weight excluding hydrogens is 264 g/mol. The number of ether oxygens (including phenoxy) is 1. The number of aryl methyl sites for hydroxylation is 2. The maximum Gasteiger partial charge on any atom is 0.137 e. The van der Waals surface area contributed by atoms with Gasteiger partial charge in [0.25, 0.3) is 0 Å².